The normalized spacial score (nSPS) is 13.8. The number of nitrogens with one attached hydrogen (secondary N) is 3. The van der Waals surface area contributed by atoms with Crippen LogP contribution in [0.3, 0.4) is 0 Å². The summed E-state index contributed by atoms with van der Waals surface area (Å²) in [6.07, 6.45) is 3.31. The molecule has 0 spiro atoms. The highest BCUT2D eigenvalue weighted by molar-refractivity contribution is 5.92. The average Bonchev–Trinajstić information content (AvgIpc) is 2.75. The van der Waals surface area contributed by atoms with E-state index in [4.69, 9.17) is 5.11 Å². The van der Waals surface area contributed by atoms with Gasteiger partial charge in [0, 0.05) is 12.2 Å². The lowest BCUT2D eigenvalue weighted by Gasteiger charge is -2.13. The van der Waals surface area contributed by atoms with Crippen molar-refractivity contribution in [1.29, 1.82) is 0 Å². The molecule has 7 nitrogen and oxygen atoms in total. The minimum atomic E-state index is -0.804. The fourth-order valence-corrected chi connectivity index (χ4v) is 1.68. The largest absolute Gasteiger partial charge is 0.481 e. The van der Waals surface area contributed by atoms with Crippen LogP contribution in [0.2, 0.25) is 0 Å². The summed E-state index contributed by atoms with van der Waals surface area (Å²) >= 11 is 0. The fraction of sp³-hybridized carbons (Fsp3) is 0.583. The minimum absolute atomic E-state index is 0.0769. The topological polar surface area (TPSA) is 115 Å². The van der Waals surface area contributed by atoms with Crippen LogP contribution in [0.25, 0.3) is 0 Å². The standard InChI is InChI=1S/C12H19N3O4/c1-7(11(17)18)4-3-5-8(2)14-10(16)9-6-13-12(19)15-9/h6-8H,3-5H2,1-2H3,(H,14,16)(H,17,18)(H2,13,15,19). The van der Waals surface area contributed by atoms with Gasteiger partial charge in [-0.1, -0.05) is 13.3 Å². The van der Waals surface area contributed by atoms with Crippen LogP contribution in [0.1, 0.15) is 43.6 Å². The molecule has 1 aromatic heterocycles. The number of carboxylic acids is 1. The van der Waals surface area contributed by atoms with E-state index in [-0.39, 0.29) is 23.6 Å². The third kappa shape index (κ3) is 4.99. The zero-order chi connectivity index (χ0) is 14.4. The predicted molar refractivity (Wildman–Crippen MR) is 69.0 cm³/mol. The summed E-state index contributed by atoms with van der Waals surface area (Å²) < 4.78 is 0. The maximum atomic E-state index is 11.7. The third-order valence-corrected chi connectivity index (χ3v) is 2.91. The first-order chi connectivity index (χ1) is 8.90. The van der Waals surface area contributed by atoms with Gasteiger partial charge in [0.05, 0.1) is 5.92 Å². The second-order valence-electron chi connectivity index (χ2n) is 4.70. The Morgan fingerprint density at radius 1 is 1.37 bits per heavy atom. The summed E-state index contributed by atoms with van der Waals surface area (Å²) in [6.45, 7) is 3.50. The molecule has 4 N–H and O–H groups in total. The number of aromatic amines is 2. The van der Waals surface area contributed by atoms with Gasteiger partial charge in [-0.15, -0.1) is 0 Å². The molecule has 1 amide bonds. The van der Waals surface area contributed by atoms with Gasteiger partial charge in [0.15, 0.2) is 0 Å². The van der Waals surface area contributed by atoms with Gasteiger partial charge < -0.3 is 20.4 Å². The molecule has 106 valence electrons. The van der Waals surface area contributed by atoms with Crippen LogP contribution in [-0.2, 0) is 4.79 Å². The maximum Gasteiger partial charge on any atom is 0.323 e. The van der Waals surface area contributed by atoms with Crippen molar-refractivity contribution in [1.82, 2.24) is 15.3 Å². The van der Waals surface area contributed by atoms with E-state index < -0.39 is 11.7 Å². The molecule has 0 aliphatic rings. The van der Waals surface area contributed by atoms with Crippen molar-refractivity contribution in [2.45, 2.75) is 39.2 Å². The zero-order valence-electron chi connectivity index (χ0n) is 11.0. The highest BCUT2D eigenvalue weighted by Crippen LogP contribution is 2.09. The number of amides is 1. The Balaban J connectivity index is 2.31. The number of imidazole rings is 1. The molecular formula is C12H19N3O4. The lowest BCUT2D eigenvalue weighted by Crippen LogP contribution is -2.33. The lowest BCUT2D eigenvalue weighted by molar-refractivity contribution is -0.141. The Kier molecular flexibility index (Phi) is 5.35. The van der Waals surface area contributed by atoms with Gasteiger partial charge in [-0.25, -0.2) is 4.79 Å². The number of carbonyl (C=O) groups is 2. The van der Waals surface area contributed by atoms with E-state index in [1.165, 1.54) is 6.20 Å². The Morgan fingerprint density at radius 2 is 2.05 bits per heavy atom. The Hall–Kier alpha value is -2.05. The van der Waals surface area contributed by atoms with E-state index >= 15 is 0 Å². The van der Waals surface area contributed by atoms with Gasteiger partial charge in [-0.3, -0.25) is 9.59 Å². The van der Waals surface area contributed by atoms with Crippen LogP contribution in [0.4, 0.5) is 0 Å². The van der Waals surface area contributed by atoms with Gasteiger partial charge in [0.1, 0.15) is 5.69 Å². The molecule has 0 aromatic carbocycles. The van der Waals surface area contributed by atoms with Crippen LogP contribution < -0.4 is 11.0 Å². The van der Waals surface area contributed by atoms with Crippen LogP contribution >= 0.6 is 0 Å². The summed E-state index contributed by atoms with van der Waals surface area (Å²) in [5.41, 5.74) is -0.233. The molecular weight excluding hydrogens is 250 g/mol. The Labute approximate surface area is 110 Å². The molecule has 0 fully saturated rings. The van der Waals surface area contributed by atoms with Gasteiger partial charge in [0.2, 0.25) is 0 Å². The third-order valence-electron chi connectivity index (χ3n) is 2.91. The molecule has 2 unspecified atom stereocenters. The molecule has 0 saturated carbocycles. The molecule has 1 rings (SSSR count). The van der Waals surface area contributed by atoms with Crippen molar-refractivity contribution in [2.24, 2.45) is 5.92 Å². The van der Waals surface area contributed by atoms with E-state index in [1.54, 1.807) is 6.92 Å². The fourth-order valence-electron chi connectivity index (χ4n) is 1.68. The summed E-state index contributed by atoms with van der Waals surface area (Å²) in [5, 5.41) is 11.5. The zero-order valence-corrected chi connectivity index (χ0v) is 11.0. The Morgan fingerprint density at radius 3 is 2.58 bits per heavy atom. The minimum Gasteiger partial charge on any atom is -0.481 e. The van der Waals surface area contributed by atoms with Crippen molar-refractivity contribution in [3.63, 3.8) is 0 Å². The highest BCUT2D eigenvalue weighted by atomic mass is 16.4. The van der Waals surface area contributed by atoms with E-state index in [1.807, 2.05) is 6.92 Å². The first-order valence-corrected chi connectivity index (χ1v) is 6.21. The van der Waals surface area contributed by atoms with Crippen molar-refractivity contribution >= 4 is 11.9 Å². The Bertz CT molecular complexity index is 491. The van der Waals surface area contributed by atoms with Crippen molar-refractivity contribution in [3.05, 3.63) is 22.4 Å². The average molecular weight is 269 g/mol. The van der Waals surface area contributed by atoms with E-state index in [0.717, 1.165) is 6.42 Å². The predicted octanol–water partition coefficient (Wildman–Crippen LogP) is 0.712. The van der Waals surface area contributed by atoms with Gasteiger partial charge in [-0.2, -0.15) is 0 Å². The van der Waals surface area contributed by atoms with Crippen molar-refractivity contribution in [2.75, 3.05) is 0 Å². The molecule has 2 atom stereocenters. The summed E-state index contributed by atoms with van der Waals surface area (Å²) in [5.74, 6) is -1.53. The van der Waals surface area contributed by atoms with E-state index in [0.29, 0.717) is 12.8 Å². The number of hydrogen-bond donors (Lipinski definition) is 4. The number of carbonyl (C=O) groups excluding carboxylic acids is 1. The molecule has 0 saturated heterocycles. The number of hydrogen-bond acceptors (Lipinski definition) is 3. The first kappa shape index (κ1) is 15.0. The summed E-state index contributed by atoms with van der Waals surface area (Å²) in [4.78, 5) is 37.9. The molecule has 0 radical (unpaired) electrons. The highest BCUT2D eigenvalue weighted by Gasteiger charge is 2.13. The van der Waals surface area contributed by atoms with Crippen molar-refractivity contribution in [3.8, 4) is 0 Å². The smallest absolute Gasteiger partial charge is 0.323 e. The quantitative estimate of drug-likeness (QED) is 0.583. The molecule has 1 aromatic rings. The van der Waals surface area contributed by atoms with Gasteiger partial charge in [-0.05, 0) is 19.8 Å². The monoisotopic (exact) mass is 269 g/mol. The lowest BCUT2D eigenvalue weighted by atomic mass is 10.0. The van der Waals surface area contributed by atoms with Gasteiger partial charge >= 0.3 is 11.7 Å². The SMILES string of the molecule is CC(CCCC(C)C(=O)O)NC(=O)c1c[nH]c(=O)[nH]1. The number of aromatic nitrogens is 2. The van der Waals surface area contributed by atoms with Crippen molar-refractivity contribution < 1.29 is 14.7 Å². The van der Waals surface area contributed by atoms with E-state index in [2.05, 4.69) is 15.3 Å². The molecule has 0 aliphatic carbocycles. The van der Waals surface area contributed by atoms with E-state index in [9.17, 15) is 14.4 Å². The van der Waals surface area contributed by atoms with Crippen LogP contribution in [-0.4, -0.2) is 33.0 Å². The number of rotatable bonds is 7. The number of aliphatic carboxylic acids is 1. The second kappa shape index (κ2) is 6.77. The maximum absolute atomic E-state index is 11.7. The summed E-state index contributed by atoms with van der Waals surface area (Å²) in [6, 6.07) is -0.0769. The molecule has 0 bridgehead atoms. The number of carboxylic acid groups (broad SMARTS) is 1. The van der Waals surface area contributed by atoms with Crippen LogP contribution in [0.5, 0.6) is 0 Å². The first-order valence-electron chi connectivity index (χ1n) is 6.21. The summed E-state index contributed by atoms with van der Waals surface area (Å²) in [7, 11) is 0. The van der Waals surface area contributed by atoms with Crippen LogP contribution in [0, 0.1) is 5.92 Å². The number of H-pyrrole nitrogens is 2. The van der Waals surface area contributed by atoms with Crippen LogP contribution in [0.15, 0.2) is 11.0 Å². The molecule has 1 heterocycles. The molecule has 19 heavy (non-hydrogen) atoms. The van der Waals surface area contributed by atoms with Gasteiger partial charge in [0.25, 0.3) is 5.91 Å². The molecule has 7 heteroatoms. The second-order valence-corrected chi connectivity index (χ2v) is 4.70. The molecule has 0 aliphatic heterocycles.